The molecule has 0 aliphatic heterocycles. The molecular weight excluding hydrogens is 381 g/mol. The minimum atomic E-state index is -1.90. The Morgan fingerprint density at radius 1 is 0.714 bits per heavy atom. The fraction of sp³-hybridized carbons (Fsp3) is 1.00. The number of unbranched alkanes of at least 4 members (excludes halogenated alkanes) is 3. The van der Waals surface area contributed by atoms with Crippen LogP contribution in [0.2, 0.25) is 13.3 Å². The van der Waals surface area contributed by atoms with Crippen LogP contribution in [0.3, 0.4) is 0 Å². The van der Waals surface area contributed by atoms with E-state index >= 15 is 0 Å². The van der Waals surface area contributed by atoms with Crippen LogP contribution < -0.4 is 0 Å². The van der Waals surface area contributed by atoms with Crippen molar-refractivity contribution in [2.45, 2.75) is 86.5 Å². The molecule has 0 fully saturated rings. The monoisotopic (exact) mass is 423 g/mol. The molecule has 0 aromatic heterocycles. The maximum absolute atomic E-state index is 2.60. The Kier molecular flexibility index (Phi) is 15.5. The van der Waals surface area contributed by atoms with E-state index in [4.69, 9.17) is 0 Å². The fourth-order valence-electron chi connectivity index (χ4n) is 3.02. The predicted molar refractivity (Wildman–Crippen MR) is 105 cm³/mol. The van der Waals surface area contributed by atoms with Gasteiger partial charge in [0.1, 0.15) is 0 Å². The molecule has 0 aliphatic rings. The van der Waals surface area contributed by atoms with Crippen molar-refractivity contribution in [1.29, 1.82) is 0 Å². The summed E-state index contributed by atoms with van der Waals surface area (Å²) in [7, 11) is 2.52. The molecule has 0 heterocycles. The zero-order valence-corrected chi connectivity index (χ0v) is 19.2. The van der Waals surface area contributed by atoms with E-state index in [1.54, 1.807) is 13.3 Å². The van der Waals surface area contributed by atoms with E-state index in [0.29, 0.717) is 0 Å². The number of rotatable bonds is 15. The molecule has 1 nitrogen and oxygen atoms in total. The van der Waals surface area contributed by atoms with Gasteiger partial charge in [-0.05, 0) is 0 Å². The Labute approximate surface area is 142 Å². The van der Waals surface area contributed by atoms with Gasteiger partial charge in [-0.2, -0.15) is 0 Å². The molecule has 0 radical (unpaired) electrons. The van der Waals surface area contributed by atoms with Gasteiger partial charge >= 0.3 is 143 Å². The van der Waals surface area contributed by atoms with Crippen LogP contribution in [0, 0.1) is 0 Å². The van der Waals surface area contributed by atoms with E-state index in [2.05, 4.69) is 48.5 Å². The third-order valence-electron chi connectivity index (χ3n) is 4.67. The molecule has 0 aromatic carbocycles. The molecule has 0 aliphatic carbocycles. The Bertz CT molecular complexity index is 197. The van der Waals surface area contributed by atoms with Gasteiger partial charge in [-0.15, -0.1) is 0 Å². The molecule has 0 N–H and O–H groups in total. The molecular formula is C18H41NSSn. The van der Waals surface area contributed by atoms with Crippen LogP contribution in [-0.2, 0) is 0 Å². The Morgan fingerprint density at radius 2 is 1.14 bits per heavy atom. The van der Waals surface area contributed by atoms with Crippen molar-refractivity contribution in [3.8, 4) is 0 Å². The van der Waals surface area contributed by atoms with Gasteiger partial charge in [0.25, 0.3) is 0 Å². The molecule has 128 valence electrons. The zero-order valence-electron chi connectivity index (χ0n) is 15.5. The molecule has 0 spiro atoms. The van der Waals surface area contributed by atoms with E-state index in [0.717, 1.165) is 0 Å². The first-order valence-corrected chi connectivity index (χ1v) is 20.1. The van der Waals surface area contributed by atoms with Gasteiger partial charge in [0.15, 0.2) is 0 Å². The van der Waals surface area contributed by atoms with Crippen LogP contribution in [0.5, 0.6) is 0 Å². The summed E-state index contributed by atoms with van der Waals surface area (Å²) >= 11 is -1.90. The summed E-state index contributed by atoms with van der Waals surface area (Å²) in [5, 5.41) is 0. The fourth-order valence-corrected chi connectivity index (χ4v) is 26.0. The van der Waals surface area contributed by atoms with Crippen molar-refractivity contribution in [1.82, 2.24) is 4.90 Å². The van der Waals surface area contributed by atoms with E-state index in [1.807, 2.05) is 0 Å². The Hall–Kier alpha value is 1.11. The maximum atomic E-state index is 2.60. The molecule has 0 saturated carbocycles. The van der Waals surface area contributed by atoms with Crippen LogP contribution in [0.4, 0.5) is 0 Å². The van der Waals surface area contributed by atoms with Crippen molar-refractivity contribution in [3.63, 3.8) is 0 Å². The first kappa shape index (κ1) is 22.1. The van der Waals surface area contributed by atoms with Gasteiger partial charge in [0, 0.05) is 0 Å². The molecule has 0 saturated heterocycles. The topological polar surface area (TPSA) is 3.24 Å². The average molecular weight is 422 g/mol. The SMILES string of the molecule is CCC[CH2][Sn]([CH2]CCC)([CH2]CCC)[S]CCN(CC)CC. The molecule has 3 heteroatoms. The van der Waals surface area contributed by atoms with Crippen LogP contribution in [0.1, 0.15) is 73.1 Å². The molecule has 0 bridgehead atoms. The standard InChI is InChI=1S/C6H15NS.3C4H9.Sn/c1-3-7(4-2)5-6-8;3*1-3-4-2;/h8H,3-6H2,1-2H3;3*1,3-4H2,2H3;/q;;;;+1/p-1. The summed E-state index contributed by atoms with van der Waals surface area (Å²) in [5.41, 5.74) is 0. The Balaban J connectivity index is 4.54. The van der Waals surface area contributed by atoms with E-state index < -0.39 is 17.0 Å². The predicted octanol–water partition coefficient (Wildman–Crippen LogP) is 6.41. The van der Waals surface area contributed by atoms with E-state index in [-0.39, 0.29) is 0 Å². The van der Waals surface area contributed by atoms with Crippen LogP contribution in [-0.4, -0.2) is 47.3 Å². The van der Waals surface area contributed by atoms with Crippen molar-refractivity contribution >= 4 is 25.9 Å². The van der Waals surface area contributed by atoms with Crippen LogP contribution in [0.15, 0.2) is 0 Å². The van der Waals surface area contributed by atoms with E-state index in [1.165, 1.54) is 63.9 Å². The van der Waals surface area contributed by atoms with Gasteiger partial charge in [-0.3, -0.25) is 0 Å². The molecule has 0 unspecified atom stereocenters. The first-order valence-electron chi connectivity index (χ1n) is 9.54. The third kappa shape index (κ3) is 10.5. The normalized spacial score (nSPS) is 12.3. The first-order chi connectivity index (χ1) is 10.2. The van der Waals surface area contributed by atoms with Gasteiger partial charge in [-0.25, -0.2) is 0 Å². The van der Waals surface area contributed by atoms with Crippen molar-refractivity contribution in [2.75, 3.05) is 25.4 Å². The van der Waals surface area contributed by atoms with Crippen LogP contribution in [0.25, 0.3) is 0 Å². The summed E-state index contributed by atoms with van der Waals surface area (Å²) in [6.45, 7) is 15.5. The molecule has 0 amide bonds. The Morgan fingerprint density at radius 3 is 1.48 bits per heavy atom. The number of hydrogen-bond acceptors (Lipinski definition) is 2. The van der Waals surface area contributed by atoms with Crippen molar-refractivity contribution in [3.05, 3.63) is 0 Å². The minimum absolute atomic E-state index is 1.22. The summed E-state index contributed by atoms with van der Waals surface area (Å²) in [5.74, 6) is 1.41. The number of hydrogen-bond donors (Lipinski definition) is 0. The second-order valence-corrected chi connectivity index (χ2v) is 26.4. The van der Waals surface area contributed by atoms with Crippen molar-refractivity contribution < 1.29 is 0 Å². The second kappa shape index (κ2) is 14.7. The van der Waals surface area contributed by atoms with Gasteiger partial charge < -0.3 is 0 Å². The third-order valence-corrected chi connectivity index (χ3v) is 27.6. The molecule has 0 rings (SSSR count). The molecule has 21 heavy (non-hydrogen) atoms. The second-order valence-electron chi connectivity index (χ2n) is 6.37. The quantitative estimate of drug-likeness (QED) is 0.281. The zero-order chi connectivity index (χ0) is 16.0. The van der Waals surface area contributed by atoms with Gasteiger partial charge in [-0.1, -0.05) is 0 Å². The summed E-state index contributed by atoms with van der Waals surface area (Å²) in [6.07, 6.45) is 8.69. The van der Waals surface area contributed by atoms with E-state index in [9.17, 15) is 0 Å². The summed E-state index contributed by atoms with van der Waals surface area (Å²) in [4.78, 5) is 2.60. The van der Waals surface area contributed by atoms with Gasteiger partial charge in [0.2, 0.25) is 0 Å². The summed E-state index contributed by atoms with van der Waals surface area (Å²) < 4.78 is 4.94. The molecule has 0 aromatic rings. The number of nitrogens with zero attached hydrogens (tertiary/aromatic N) is 1. The molecule has 0 atom stereocenters. The average Bonchev–Trinajstić information content (AvgIpc) is 2.52. The van der Waals surface area contributed by atoms with Crippen molar-refractivity contribution in [2.24, 2.45) is 0 Å². The summed E-state index contributed by atoms with van der Waals surface area (Å²) in [6, 6.07) is 0. The van der Waals surface area contributed by atoms with Gasteiger partial charge in [0.05, 0.1) is 0 Å². The van der Waals surface area contributed by atoms with Crippen LogP contribution >= 0.6 is 8.95 Å².